The van der Waals surface area contributed by atoms with Gasteiger partial charge in [0.15, 0.2) is 0 Å². The van der Waals surface area contributed by atoms with Gasteiger partial charge in [-0.15, -0.1) is 0 Å². The van der Waals surface area contributed by atoms with Crippen LogP contribution in [0.15, 0.2) is 42.7 Å². The van der Waals surface area contributed by atoms with Gasteiger partial charge in [0.05, 0.1) is 0 Å². The number of benzene rings is 1. The normalized spacial score (nSPS) is 16.4. The van der Waals surface area contributed by atoms with Crippen molar-refractivity contribution in [3.05, 3.63) is 48.3 Å². The van der Waals surface area contributed by atoms with E-state index < -0.39 is 0 Å². The van der Waals surface area contributed by atoms with Crippen LogP contribution in [0.4, 0.5) is 5.69 Å². The van der Waals surface area contributed by atoms with E-state index in [1.54, 1.807) is 12.4 Å². The molecule has 1 amide bonds. The molecule has 4 heteroatoms. The minimum Gasteiger partial charge on any atom is -0.330 e. The van der Waals surface area contributed by atoms with Crippen molar-refractivity contribution in [2.75, 3.05) is 11.9 Å². The minimum absolute atomic E-state index is 0.0149. The molecule has 0 atom stereocenters. The molecule has 1 saturated carbocycles. The summed E-state index contributed by atoms with van der Waals surface area (Å²) in [5.74, 6) is 0.0716. The first kappa shape index (κ1) is 17.6. The van der Waals surface area contributed by atoms with E-state index in [4.69, 9.17) is 5.73 Å². The SMILES string of the molecule is Cc1ccc(-c2ccncc2)cc1NC(=O)CC1(CN)CCCCC1. The number of carbonyl (C=O) groups excluding carboxylic acids is 1. The molecular weight excluding hydrogens is 310 g/mol. The molecule has 1 aromatic carbocycles. The predicted molar refractivity (Wildman–Crippen MR) is 102 cm³/mol. The van der Waals surface area contributed by atoms with Crippen molar-refractivity contribution in [2.24, 2.45) is 11.1 Å². The van der Waals surface area contributed by atoms with Crippen LogP contribution in [0.3, 0.4) is 0 Å². The van der Waals surface area contributed by atoms with Crippen LogP contribution < -0.4 is 11.1 Å². The van der Waals surface area contributed by atoms with Gasteiger partial charge in [-0.25, -0.2) is 0 Å². The third-order valence-corrected chi connectivity index (χ3v) is 5.41. The average molecular weight is 337 g/mol. The van der Waals surface area contributed by atoms with Gasteiger partial charge in [-0.05, 0) is 66.6 Å². The van der Waals surface area contributed by atoms with Crippen molar-refractivity contribution in [1.29, 1.82) is 0 Å². The molecule has 1 heterocycles. The molecule has 0 saturated heterocycles. The van der Waals surface area contributed by atoms with Gasteiger partial charge in [0.1, 0.15) is 0 Å². The van der Waals surface area contributed by atoms with Crippen molar-refractivity contribution in [3.63, 3.8) is 0 Å². The fourth-order valence-electron chi connectivity index (χ4n) is 3.77. The summed E-state index contributed by atoms with van der Waals surface area (Å²) in [5.41, 5.74) is 10.1. The van der Waals surface area contributed by atoms with Crippen LogP contribution >= 0.6 is 0 Å². The molecule has 0 spiro atoms. The summed E-state index contributed by atoms with van der Waals surface area (Å²) in [5, 5.41) is 3.12. The Hall–Kier alpha value is -2.20. The smallest absolute Gasteiger partial charge is 0.224 e. The monoisotopic (exact) mass is 337 g/mol. The summed E-state index contributed by atoms with van der Waals surface area (Å²) in [4.78, 5) is 16.7. The van der Waals surface area contributed by atoms with Crippen molar-refractivity contribution in [1.82, 2.24) is 4.98 Å². The summed E-state index contributed by atoms with van der Waals surface area (Å²) >= 11 is 0. The van der Waals surface area contributed by atoms with E-state index in [2.05, 4.69) is 16.4 Å². The molecule has 1 aromatic heterocycles. The standard InChI is InChI=1S/C21H27N3O/c1-16-5-6-18(17-7-11-23-12-8-17)13-19(16)24-20(25)14-21(15-22)9-3-2-4-10-21/h5-8,11-13H,2-4,9-10,14-15,22H2,1H3,(H,24,25). The Morgan fingerprint density at radius 2 is 1.84 bits per heavy atom. The quantitative estimate of drug-likeness (QED) is 0.855. The first-order chi connectivity index (χ1) is 12.1. The lowest BCUT2D eigenvalue weighted by Crippen LogP contribution is -2.36. The Morgan fingerprint density at radius 1 is 1.12 bits per heavy atom. The number of hydrogen-bond acceptors (Lipinski definition) is 3. The molecule has 0 bridgehead atoms. The van der Waals surface area contributed by atoms with Gasteiger partial charge in [0.25, 0.3) is 0 Å². The second-order valence-electron chi connectivity index (χ2n) is 7.26. The Morgan fingerprint density at radius 3 is 2.52 bits per heavy atom. The van der Waals surface area contributed by atoms with E-state index in [-0.39, 0.29) is 11.3 Å². The maximum Gasteiger partial charge on any atom is 0.224 e. The van der Waals surface area contributed by atoms with Gasteiger partial charge in [-0.2, -0.15) is 0 Å². The number of carbonyl (C=O) groups is 1. The van der Waals surface area contributed by atoms with Gasteiger partial charge in [0.2, 0.25) is 5.91 Å². The van der Waals surface area contributed by atoms with E-state index >= 15 is 0 Å². The fraction of sp³-hybridized carbons (Fsp3) is 0.429. The van der Waals surface area contributed by atoms with E-state index in [0.717, 1.165) is 35.2 Å². The van der Waals surface area contributed by atoms with E-state index in [9.17, 15) is 4.79 Å². The summed E-state index contributed by atoms with van der Waals surface area (Å²) in [6, 6.07) is 10.1. The molecule has 25 heavy (non-hydrogen) atoms. The van der Waals surface area contributed by atoms with Gasteiger partial charge in [0, 0.05) is 24.5 Å². The molecule has 3 N–H and O–H groups in total. The minimum atomic E-state index is -0.0149. The number of nitrogens with two attached hydrogens (primary N) is 1. The van der Waals surface area contributed by atoms with E-state index in [1.807, 2.05) is 31.2 Å². The summed E-state index contributed by atoms with van der Waals surface area (Å²) in [6.45, 7) is 2.61. The Bertz CT molecular complexity index is 721. The maximum absolute atomic E-state index is 12.7. The van der Waals surface area contributed by atoms with E-state index in [0.29, 0.717) is 13.0 Å². The van der Waals surface area contributed by atoms with Crippen molar-refractivity contribution < 1.29 is 4.79 Å². The van der Waals surface area contributed by atoms with Crippen LogP contribution in [-0.2, 0) is 4.79 Å². The molecule has 3 rings (SSSR count). The van der Waals surface area contributed by atoms with Crippen LogP contribution in [0.25, 0.3) is 11.1 Å². The third kappa shape index (κ3) is 4.26. The first-order valence-corrected chi connectivity index (χ1v) is 9.13. The number of nitrogens with one attached hydrogen (secondary N) is 1. The Labute approximate surface area is 149 Å². The highest BCUT2D eigenvalue weighted by molar-refractivity contribution is 5.92. The number of rotatable bonds is 5. The van der Waals surface area contributed by atoms with E-state index in [1.165, 1.54) is 19.3 Å². The highest BCUT2D eigenvalue weighted by Gasteiger charge is 2.33. The first-order valence-electron chi connectivity index (χ1n) is 9.13. The fourth-order valence-corrected chi connectivity index (χ4v) is 3.77. The number of anilines is 1. The topological polar surface area (TPSA) is 68.0 Å². The lowest BCUT2D eigenvalue weighted by Gasteiger charge is -2.35. The average Bonchev–Trinajstić information content (AvgIpc) is 2.65. The molecule has 1 aliphatic rings. The molecule has 1 aliphatic carbocycles. The summed E-state index contributed by atoms with van der Waals surface area (Å²) in [6.07, 6.45) is 9.82. The molecular formula is C21H27N3O. The highest BCUT2D eigenvalue weighted by atomic mass is 16.1. The molecule has 0 aliphatic heterocycles. The van der Waals surface area contributed by atoms with Gasteiger partial charge in [-0.3, -0.25) is 9.78 Å². The molecule has 1 fully saturated rings. The lowest BCUT2D eigenvalue weighted by atomic mass is 9.71. The predicted octanol–water partition coefficient (Wildman–Crippen LogP) is 4.29. The summed E-state index contributed by atoms with van der Waals surface area (Å²) < 4.78 is 0. The molecule has 0 unspecified atom stereocenters. The lowest BCUT2D eigenvalue weighted by molar-refractivity contribution is -0.118. The number of nitrogens with zero attached hydrogens (tertiary/aromatic N) is 1. The number of pyridine rings is 1. The van der Waals surface area contributed by atoms with Crippen LogP contribution in [0, 0.1) is 12.3 Å². The molecule has 4 nitrogen and oxygen atoms in total. The Kier molecular flexibility index (Phi) is 5.49. The van der Waals surface area contributed by atoms with Crippen LogP contribution in [0.5, 0.6) is 0 Å². The zero-order valence-corrected chi connectivity index (χ0v) is 14.9. The number of hydrogen-bond donors (Lipinski definition) is 2. The maximum atomic E-state index is 12.7. The highest BCUT2D eigenvalue weighted by Crippen LogP contribution is 2.38. The molecule has 2 aromatic rings. The summed E-state index contributed by atoms with van der Waals surface area (Å²) in [7, 11) is 0. The van der Waals surface area contributed by atoms with Crippen molar-refractivity contribution >= 4 is 11.6 Å². The number of aryl methyl sites for hydroxylation is 1. The van der Waals surface area contributed by atoms with Gasteiger partial charge >= 0.3 is 0 Å². The Balaban J connectivity index is 1.74. The van der Waals surface area contributed by atoms with Crippen LogP contribution in [0.2, 0.25) is 0 Å². The number of aromatic nitrogens is 1. The molecule has 0 radical (unpaired) electrons. The number of amides is 1. The largest absolute Gasteiger partial charge is 0.330 e. The second-order valence-corrected chi connectivity index (χ2v) is 7.26. The van der Waals surface area contributed by atoms with Crippen molar-refractivity contribution in [3.8, 4) is 11.1 Å². The van der Waals surface area contributed by atoms with Gasteiger partial charge in [-0.1, -0.05) is 31.4 Å². The van der Waals surface area contributed by atoms with Crippen LogP contribution in [0.1, 0.15) is 44.1 Å². The zero-order chi connectivity index (χ0) is 17.7. The second kappa shape index (κ2) is 7.79. The third-order valence-electron chi connectivity index (χ3n) is 5.41. The molecule has 132 valence electrons. The van der Waals surface area contributed by atoms with Crippen LogP contribution in [-0.4, -0.2) is 17.4 Å². The van der Waals surface area contributed by atoms with Gasteiger partial charge < -0.3 is 11.1 Å². The zero-order valence-electron chi connectivity index (χ0n) is 14.9. The van der Waals surface area contributed by atoms with Crippen molar-refractivity contribution in [2.45, 2.75) is 45.4 Å².